The molecule has 1 aromatic carbocycles. The van der Waals surface area contributed by atoms with Crippen molar-refractivity contribution in [3.05, 3.63) is 51.4 Å². The molecular weight excluding hydrogens is 430 g/mol. The molecule has 1 aromatic heterocycles. The van der Waals surface area contributed by atoms with Gasteiger partial charge < -0.3 is 16.4 Å². The van der Waals surface area contributed by atoms with Crippen molar-refractivity contribution in [2.45, 2.75) is 38.1 Å². The van der Waals surface area contributed by atoms with E-state index in [1.807, 2.05) is 6.07 Å². The summed E-state index contributed by atoms with van der Waals surface area (Å²) in [4.78, 5) is 52.1. The second-order valence-corrected chi connectivity index (χ2v) is 9.07. The first-order valence-corrected chi connectivity index (χ1v) is 10.9. The van der Waals surface area contributed by atoms with Gasteiger partial charge in [-0.1, -0.05) is 12.1 Å². The number of carbonyl (C=O) groups is 4. The number of nitrogens with one attached hydrogen (secondary N) is 2. The molecule has 0 bridgehead atoms. The van der Waals surface area contributed by atoms with Crippen LogP contribution in [0.25, 0.3) is 0 Å². The number of hydrogen-bond acceptors (Lipinski definition) is 6. The van der Waals surface area contributed by atoms with Crippen LogP contribution in [0.4, 0.5) is 9.80 Å². The molecule has 4 N–H and O–H groups in total. The molecule has 9 nitrogen and oxygen atoms in total. The van der Waals surface area contributed by atoms with E-state index in [-0.39, 0.29) is 0 Å². The molecule has 4 rings (SSSR count). The molecule has 1 atom stereocenters. The third-order valence-electron chi connectivity index (χ3n) is 5.84. The first-order chi connectivity index (χ1) is 15.2. The highest BCUT2D eigenvalue weighted by Gasteiger charge is 2.49. The van der Waals surface area contributed by atoms with E-state index < -0.39 is 35.8 Å². The van der Waals surface area contributed by atoms with Gasteiger partial charge in [0.25, 0.3) is 11.8 Å². The number of primary amides is 1. The number of urea groups is 1. The number of nitrogens with zero attached hydrogens (tertiary/aromatic N) is 2. The number of aryl methyl sites for hydroxylation is 1. The molecule has 0 unspecified atom stereocenters. The number of rotatable bonds is 5. The van der Waals surface area contributed by atoms with Gasteiger partial charge in [-0.05, 0) is 55.9 Å². The Bertz CT molecular complexity index is 1180. The molecule has 164 valence electrons. The topological polar surface area (TPSA) is 145 Å². The average molecular weight is 452 g/mol. The van der Waals surface area contributed by atoms with Gasteiger partial charge in [-0.2, -0.15) is 5.26 Å². The van der Waals surface area contributed by atoms with E-state index in [9.17, 15) is 19.2 Å². The van der Waals surface area contributed by atoms with Gasteiger partial charge in [-0.3, -0.25) is 19.3 Å². The van der Waals surface area contributed by atoms with E-state index in [0.29, 0.717) is 21.7 Å². The zero-order chi connectivity index (χ0) is 23.0. The van der Waals surface area contributed by atoms with Crippen LogP contribution in [0.5, 0.6) is 0 Å². The summed E-state index contributed by atoms with van der Waals surface area (Å²) >= 11 is 1.32. The van der Waals surface area contributed by atoms with Crippen LogP contribution < -0.4 is 16.4 Å². The summed E-state index contributed by atoms with van der Waals surface area (Å²) in [5, 5.41) is 14.6. The van der Waals surface area contributed by atoms with Crippen molar-refractivity contribution in [2.75, 3.05) is 11.9 Å². The van der Waals surface area contributed by atoms with Crippen LogP contribution >= 0.6 is 11.3 Å². The fourth-order valence-electron chi connectivity index (χ4n) is 4.14. The maximum atomic E-state index is 13.0. The molecule has 2 aliphatic rings. The summed E-state index contributed by atoms with van der Waals surface area (Å²) in [5.41, 5.74) is 6.32. The van der Waals surface area contributed by atoms with Crippen LogP contribution in [0.15, 0.2) is 24.3 Å². The summed E-state index contributed by atoms with van der Waals surface area (Å²) in [6.45, 7) is 1.04. The number of thiophene rings is 1. The third-order valence-corrected chi connectivity index (χ3v) is 7.05. The van der Waals surface area contributed by atoms with Crippen LogP contribution in [0.1, 0.15) is 51.7 Å². The summed E-state index contributed by atoms with van der Waals surface area (Å²) in [6, 6.07) is 7.60. The van der Waals surface area contributed by atoms with Crippen LogP contribution in [0, 0.1) is 11.3 Å². The quantitative estimate of drug-likeness (QED) is 0.595. The van der Waals surface area contributed by atoms with E-state index in [1.165, 1.54) is 11.3 Å². The Morgan fingerprint density at radius 2 is 1.94 bits per heavy atom. The Morgan fingerprint density at radius 1 is 1.25 bits per heavy atom. The molecule has 0 saturated carbocycles. The summed E-state index contributed by atoms with van der Waals surface area (Å²) < 4.78 is 0. The van der Waals surface area contributed by atoms with Crippen molar-refractivity contribution in [1.29, 1.82) is 5.26 Å². The number of carbonyl (C=O) groups excluding carboxylic acids is 4. The number of hydrogen-bond donors (Lipinski definition) is 3. The Hall–Kier alpha value is -3.71. The zero-order valence-corrected chi connectivity index (χ0v) is 18.2. The highest BCUT2D eigenvalue weighted by Crippen LogP contribution is 2.38. The molecule has 1 aliphatic carbocycles. The van der Waals surface area contributed by atoms with Crippen molar-refractivity contribution in [3.8, 4) is 6.07 Å². The summed E-state index contributed by atoms with van der Waals surface area (Å²) in [7, 11) is 0. The van der Waals surface area contributed by atoms with Gasteiger partial charge in [0.15, 0.2) is 0 Å². The Kier molecular flexibility index (Phi) is 5.44. The number of amides is 5. The highest BCUT2D eigenvalue weighted by molar-refractivity contribution is 7.17. The van der Waals surface area contributed by atoms with Crippen LogP contribution in [0.2, 0.25) is 0 Å². The van der Waals surface area contributed by atoms with Crippen molar-refractivity contribution in [2.24, 2.45) is 5.73 Å². The molecular formula is C22H21N5O4S. The first-order valence-electron chi connectivity index (χ1n) is 10.1. The number of benzene rings is 1. The largest absolute Gasteiger partial charge is 0.365 e. The van der Waals surface area contributed by atoms with Crippen molar-refractivity contribution >= 4 is 40.1 Å². The summed E-state index contributed by atoms with van der Waals surface area (Å²) in [6.07, 6.45) is 3.52. The number of fused-ring (bicyclic) bond motifs is 1. The van der Waals surface area contributed by atoms with E-state index in [0.717, 1.165) is 41.0 Å². The molecule has 10 heteroatoms. The first kappa shape index (κ1) is 21.5. The van der Waals surface area contributed by atoms with Gasteiger partial charge in [0.1, 0.15) is 17.1 Å². The van der Waals surface area contributed by atoms with Gasteiger partial charge in [0.2, 0.25) is 5.91 Å². The van der Waals surface area contributed by atoms with Crippen LogP contribution in [-0.4, -0.2) is 35.2 Å². The lowest BCUT2D eigenvalue weighted by atomic mass is 9.91. The van der Waals surface area contributed by atoms with E-state index >= 15 is 0 Å². The average Bonchev–Trinajstić information content (AvgIpc) is 3.24. The number of nitriles is 1. The van der Waals surface area contributed by atoms with Crippen molar-refractivity contribution in [3.63, 3.8) is 0 Å². The molecule has 2 aromatic rings. The fourth-order valence-corrected chi connectivity index (χ4v) is 5.45. The zero-order valence-electron chi connectivity index (χ0n) is 17.4. The van der Waals surface area contributed by atoms with E-state index in [1.54, 1.807) is 31.2 Å². The molecule has 1 fully saturated rings. The number of anilines is 1. The smallest absolute Gasteiger partial charge is 0.325 e. The second kappa shape index (κ2) is 8.09. The summed E-state index contributed by atoms with van der Waals surface area (Å²) in [5.74, 6) is -1.79. The standard InChI is InChI=1S/C22H21N5O4S/c1-22(13-8-6-12(10-23)7-9-13)20(30)27(21(31)26-22)11-16(28)25-19-17(18(24)29)14-4-2-3-5-15(14)32-19/h6-9H,2-5,11H2,1H3,(H2,24,29)(H,25,28)(H,26,31)/t22-/m0/s1. The Labute approximate surface area is 188 Å². The van der Waals surface area contributed by atoms with Crippen molar-refractivity contribution < 1.29 is 19.2 Å². The lowest BCUT2D eigenvalue weighted by molar-refractivity contribution is -0.133. The molecule has 5 amide bonds. The molecule has 1 saturated heterocycles. The lowest BCUT2D eigenvalue weighted by Crippen LogP contribution is -2.42. The van der Waals surface area contributed by atoms with Gasteiger partial charge >= 0.3 is 6.03 Å². The Morgan fingerprint density at radius 3 is 2.59 bits per heavy atom. The minimum atomic E-state index is -1.36. The number of imide groups is 1. The third kappa shape index (κ3) is 3.61. The van der Waals surface area contributed by atoms with Crippen molar-refractivity contribution in [1.82, 2.24) is 10.2 Å². The maximum absolute atomic E-state index is 13.0. The second-order valence-electron chi connectivity index (χ2n) is 7.96. The monoisotopic (exact) mass is 451 g/mol. The minimum Gasteiger partial charge on any atom is -0.365 e. The predicted molar refractivity (Wildman–Crippen MR) is 117 cm³/mol. The van der Waals surface area contributed by atoms with E-state index in [4.69, 9.17) is 11.0 Å². The van der Waals surface area contributed by atoms with Gasteiger partial charge in [0, 0.05) is 4.88 Å². The normalized spacial score (nSPS) is 19.8. The predicted octanol–water partition coefficient (Wildman–Crippen LogP) is 2.00. The maximum Gasteiger partial charge on any atom is 0.325 e. The Balaban J connectivity index is 1.52. The highest BCUT2D eigenvalue weighted by atomic mass is 32.1. The fraction of sp³-hybridized carbons (Fsp3) is 0.318. The molecule has 32 heavy (non-hydrogen) atoms. The molecule has 0 spiro atoms. The molecule has 2 heterocycles. The molecule has 0 radical (unpaired) electrons. The number of nitrogens with two attached hydrogens (primary N) is 1. The van der Waals surface area contributed by atoms with Gasteiger partial charge in [-0.25, -0.2) is 4.79 Å². The van der Waals surface area contributed by atoms with Gasteiger partial charge in [0.05, 0.1) is 17.2 Å². The minimum absolute atomic E-state index is 0.317. The molecule has 1 aliphatic heterocycles. The lowest BCUT2D eigenvalue weighted by Gasteiger charge is -2.22. The van der Waals surface area contributed by atoms with E-state index in [2.05, 4.69) is 10.6 Å². The van der Waals surface area contributed by atoms with Crippen LogP contribution in [-0.2, 0) is 28.0 Å². The SMILES string of the molecule is C[C@@]1(c2ccc(C#N)cc2)NC(=O)N(CC(=O)Nc2sc3c(c2C(N)=O)CCCC3)C1=O. The van der Waals surface area contributed by atoms with Crippen LogP contribution in [0.3, 0.4) is 0 Å². The van der Waals surface area contributed by atoms with Gasteiger partial charge in [-0.15, -0.1) is 11.3 Å².